The molecule has 1 atom stereocenters. The molecular weight excluding hydrogens is 446 g/mol. The molecule has 0 bridgehead atoms. The zero-order valence-corrected chi connectivity index (χ0v) is 17.4. The normalized spacial score (nSPS) is 19.1. The number of allylic oxidation sites excluding steroid dienone is 5. The molecule has 2 rings (SSSR count). The Bertz CT molecular complexity index is 965. The second kappa shape index (κ2) is 9.47. The molecule has 0 spiro atoms. The molecule has 0 radical (unpaired) electrons. The van der Waals surface area contributed by atoms with Crippen molar-refractivity contribution in [2.24, 2.45) is 0 Å². The van der Waals surface area contributed by atoms with Crippen LogP contribution < -0.4 is 5.32 Å². The largest absolute Gasteiger partial charge is 0.511 e. The predicted octanol–water partition coefficient (Wildman–Crippen LogP) is 5.62. The number of fused-ring (bicyclic) bond motifs is 1. The van der Waals surface area contributed by atoms with Crippen LogP contribution in [0.4, 0.5) is 32.0 Å². The van der Waals surface area contributed by atoms with Crippen molar-refractivity contribution in [2.45, 2.75) is 44.0 Å². The summed E-state index contributed by atoms with van der Waals surface area (Å²) in [5, 5.41) is 2.82. The first kappa shape index (κ1) is 25.0. The van der Waals surface area contributed by atoms with Crippen LogP contribution in [0.3, 0.4) is 0 Å². The van der Waals surface area contributed by atoms with E-state index in [9.17, 15) is 34.8 Å². The Kier molecular flexibility index (Phi) is 7.64. The number of nitrogens with one attached hydrogen (secondary N) is 1. The first-order valence-electron chi connectivity index (χ1n) is 9.27. The van der Waals surface area contributed by atoms with Crippen LogP contribution in [0, 0.1) is 0 Å². The van der Waals surface area contributed by atoms with E-state index in [0.29, 0.717) is 6.42 Å². The summed E-state index contributed by atoms with van der Waals surface area (Å²) in [5.74, 6) is 0. The topological polar surface area (TPSA) is 49.4 Å². The summed E-state index contributed by atoms with van der Waals surface area (Å²) < 4.78 is 104. The van der Waals surface area contributed by atoms with Crippen molar-refractivity contribution in [1.82, 2.24) is 4.31 Å². The van der Waals surface area contributed by atoms with E-state index in [4.69, 9.17) is 0 Å². The van der Waals surface area contributed by atoms with E-state index in [1.807, 2.05) is 0 Å². The van der Waals surface area contributed by atoms with Crippen molar-refractivity contribution >= 4 is 15.7 Å². The fourth-order valence-corrected chi connectivity index (χ4v) is 4.23. The Morgan fingerprint density at radius 2 is 1.94 bits per heavy atom. The van der Waals surface area contributed by atoms with E-state index in [1.54, 1.807) is 31.2 Å². The lowest BCUT2D eigenvalue weighted by Crippen LogP contribution is -2.44. The van der Waals surface area contributed by atoms with E-state index in [-0.39, 0.29) is 16.4 Å². The maximum absolute atomic E-state index is 13.4. The molecule has 0 amide bonds. The van der Waals surface area contributed by atoms with Crippen LogP contribution in [-0.4, -0.2) is 30.8 Å². The molecule has 1 aliphatic rings. The Labute approximate surface area is 177 Å². The average Bonchev–Trinajstić information content (AvgIpc) is 2.85. The van der Waals surface area contributed by atoms with E-state index in [2.05, 4.69) is 11.9 Å². The Morgan fingerprint density at radius 3 is 2.48 bits per heavy atom. The highest BCUT2D eigenvalue weighted by atomic mass is 32.2. The van der Waals surface area contributed by atoms with Gasteiger partial charge in [-0.15, -0.1) is 0 Å². The number of anilines is 1. The first-order valence-corrected chi connectivity index (χ1v) is 10.7. The molecule has 4 nitrogen and oxygen atoms in total. The number of halogens is 6. The van der Waals surface area contributed by atoms with Gasteiger partial charge in [0.05, 0.1) is 5.56 Å². The molecule has 1 heterocycles. The van der Waals surface area contributed by atoms with E-state index >= 15 is 0 Å². The summed E-state index contributed by atoms with van der Waals surface area (Å²) >= 11 is 0. The molecule has 0 aliphatic carbocycles. The number of benzene rings is 1. The van der Waals surface area contributed by atoms with Gasteiger partial charge in [0, 0.05) is 30.4 Å². The monoisotopic (exact) mass is 468 g/mol. The summed E-state index contributed by atoms with van der Waals surface area (Å²) in [7, 11) is -5.83. The van der Waals surface area contributed by atoms with Crippen molar-refractivity contribution in [3.05, 3.63) is 65.8 Å². The molecule has 0 unspecified atom stereocenters. The van der Waals surface area contributed by atoms with Crippen molar-refractivity contribution in [3.63, 3.8) is 0 Å². The third kappa shape index (κ3) is 5.91. The SMILES string of the molecule is C=C/C=C\C(=C/C)CC[C@@H]1CN(S(=O)(=O)C(F)(F)F)Cc2c(cccc2C(F)(F)F)N1. The van der Waals surface area contributed by atoms with Gasteiger partial charge in [-0.05, 0) is 31.9 Å². The summed E-state index contributed by atoms with van der Waals surface area (Å²) in [6, 6.07) is 2.31. The fourth-order valence-electron chi connectivity index (χ4n) is 3.26. The smallest absolute Gasteiger partial charge is 0.381 e. The maximum Gasteiger partial charge on any atom is 0.511 e. The van der Waals surface area contributed by atoms with Crippen LogP contribution in [0.15, 0.2) is 54.7 Å². The molecule has 0 saturated heterocycles. The van der Waals surface area contributed by atoms with Gasteiger partial charge in [0.15, 0.2) is 0 Å². The van der Waals surface area contributed by atoms with E-state index in [0.717, 1.165) is 17.7 Å². The van der Waals surface area contributed by atoms with Crippen molar-refractivity contribution < 1.29 is 34.8 Å². The van der Waals surface area contributed by atoms with Crippen LogP contribution in [-0.2, 0) is 22.7 Å². The first-order chi connectivity index (χ1) is 14.3. The third-order valence-electron chi connectivity index (χ3n) is 4.83. The van der Waals surface area contributed by atoms with Gasteiger partial charge in [-0.25, -0.2) is 8.42 Å². The number of sulfonamides is 1. The lowest BCUT2D eigenvalue weighted by molar-refractivity contribution is -0.138. The molecule has 0 fully saturated rings. The summed E-state index contributed by atoms with van der Waals surface area (Å²) in [5.41, 5.74) is -6.56. The van der Waals surface area contributed by atoms with Gasteiger partial charge in [0.2, 0.25) is 0 Å². The van der Waals surface area contributed by atoms with Gasteiger partial charge in [0.25, 0.3) is 0 Å². The molecule has 1 N–H and O–H groups in total. The van der Waals surface area contributed by atoms with Gasteiger partial charge in [0.1, 0.15) is 0 Å². The van der Waals surface area contributed by atoms with Crippen LogP contribution >= 0.6 is 0 Å². The van der Waals surface area contributed by atoms with Gasteiger partial charge in [-0.2, -0.15) is 30.6 Å². The molecule has 172 valence electrons. The number of nitrogens with zero attached hydrogens (tertiary/aromatic N) is 1. The Hall–Kier alpha value is -2.27. The van der Waals surface area contributed by atoms with Crippen molar-refractivity contribution in [3.8, 4) is 0 Å². The van der Waals surface area contributed by atoms with Gasteiger partial charge in [-0.3, -0.25) is 0 Å². The van der Waals surface area contributed by atoms with Crippen LogP contribution in [0.1, 0.15) is 30.9 Å². The second-order valence-electron chi connectivity index (χ2n) is 6.91. The standard InChI is InChI=1S/C20H22F6N2O2S/c1-3-5-7-14(4-2)10-11-15-12-28(31(29,30)20(24,25)26)13-16-17(19(21,22)23)8-6-9-18(16)27-15/h3-9,15,27H,1,10-13H2,2H3/b7-5-,14-4+/t15-/m1/s1. The zero-order valence-electron chi connectivity index (χ0n) is 16.6. The van der Waals surface area contributed by atoms with Crippen molar-refractivity contribution in [1.29, 1.82) is 0 Å². The quantitative estimate of drug-likeness (QED) is 0.436. The minimum absolute atomic E-state index is 0.0386. The van der Waals surface area contributed by atoms with Gasteiger partial charge >= 0.3 is 21.7 Å². The molecule has 11 heteroatoms. The third-order valence-corrected chi connectivity index (χ3v) is 6.37. The van der Waals surface area contributed by atoms with Crippen LogP contribution in [0.2, 0.25) is 0 Å². The fraction of sp³-hybridized carbons (Fsp3) is 0.400. The number of hydrogen-bond acceptors (Lipinski definition) is 3. The van der Waals surface area contributed by atoms with Crippen LogP contribution in [0.5, 0.6) is 0 Å². The maximum atomic E-state index is 13.4. The Balaban J connectivity index is 2.47. The van der Waals surface area contributed by atoms with Gasteiger partial charge in [-0.1, -0.05) is 42.5 Å². The molecular formula is C20H22F6N2O2S. The van der Waals surface area contributed by atoms with Crippen molar-refractivity contribution in [2.75, 3.05) is 11.9 Å². The van der Waals surface area contributed by atoms with E-state index < -0.39 is 52.0 Å². The molecule has 0 saturated carbocycles. The van der Waals surface area contributed by atoms with Crippen LogP contribution in [0.25, 0.3) is 0 Å². The number of hydrogen-bond donors (Lipinski definition) is 1. The minimum Gasteiger partial charge on any atom is -0.381 e. The minimum atomic E-state index is -5.83. The van der Waals surface area contributed by atoms with Gasteiger partial charge < -0.3 is 5.32 Å². The lowest BCUT2D eigenvalue weighted by Gasteiger charge is -2.25. The number of alkyl halides is 6. The number of rotatable bonds is 6. The van der Waals surface area contributed by atoms with E-state index in [1.165, 1.54) is 6.07 Å². The molecule has 1 aliphatic heterocycles. The summed E-state index contributed by atoms with van der Waals surface area (Å²) in [6.07, 6.45) is 2.43. The highest BCUT2D eigenvalue weighted by Crippen LogP contribution is 2.39. The molecule has 31 heavy (non-hydrogen) atoms. The average molecular weight is 468 g/mol. The lowest BCUT2D eigenvalue weighted by atomic mass is 10.0. The predicted molar refractivity (Wildman–Crippen MR) is 107 cm³/mol. The zero-order chi connectivity index (χ0) is 23.4. The summed E-state index contributed by atoms with van der Waals surface area (Å²) in [4.78, 5) is 0. The second-order valence-corrected chi connectivity index (χ2v) is 8.84. The molecule has 1 aromatic rings. The highest BCUT2D eigenvalue weighted by Gasteiger charge is 2.51. The summed E-state index contributed by atoms with van der Waals surface area (Å²) in [6.45, 7) is 3.64. The molecule has 0 aromatic heterocycles. The molecule has 1 aromatic carbocycles. The highest BCUT2D eigenvalue weighted by molar-refractivity contribution is 7.89. The Morgan fingerprint density at radius 1 is 1.26 bits per heavy atom.